The first-order valence-electron chi connectivity index (χ1n) is 9.03. The van der Waals surface area contributed by atoms with Crippen LogP contribution in [0.1, 0.15) is 49.7 Å². The molecule has 0 bridgehead atoms. The number of carbonyl (C=O) groups is 1. The largest absolute Gasteiger partial charge is 0.336 e. The molecule has 1 aliphatic heterocycles. The van der Waals surface area contributed by atoms with Crippen LogP contribution in [0.25, 0.3) is 11.0 Å². The number of piperazine rings is 1. The molecule has 28 heavy (non-hydrogen) atoms. The molecule has 156 valence electrons. The third-order valence-electron chi connectivity index (χ3n) is 4.76. The summed E-state index contributed by atoms with van der Waals surface area (Å²) in [4.78, 5) is 46.5. The summed E-state index contributed by atoms with van der Waals surface area (Å²) in [7, 11) is 0. The fourth-order valence-corrected chi connectivity index (χ4v) is 3.34. The van der Waals surface area contributed by atoms with Gasteiger partial charge in [-0.3, -0.25) is 19.1 Å². The predicted molar refractivity (Wildman–Crippen MR) is 114 cm³/mol. The van der Waals surface area contributed by atoms with E-state index >= 15 is 0 Å². The smallest absolute Gasteiger partial charge is 0.329 e. The molecule has 1 fully saturated rings. The van der Waals surface area contributed by atoms with E-state index in [-0.39, 0.29) is 53.7 Å². The Balaban J connectivity index is 0.00000196. The van der Waals surface area contributed by atoms with Crippen LogP contribution in [0.2, 0.25) is 0 Å². The third-order valence-corrected chi connectivity index (χ3v) is 4.76. The van der Waals surface area contributed by atoms with E-state index in [0.717, 1.165) is 0 Å². The SMILES string of the molecule is CCn1c(=O)[nH]c(=O)c2c(C(=O)N3CCNC(C)C3)cc(C(C)C)nc21.Cl.Cl. The third kappa shape index (κ3) is 4.39. The summed E-state index contributed by atoms with van der Waals surface area (Å²) < 4.78 is 1.40. The van der Waals surface area contributed by atoms with Crippen LogP contribution in [0, 0.1) is 0 Å². The zero-order valence-electron chi connectivity index (χ0n) is 16.4. The maximum absolute atomic E-state index is 13.2. The summed E-state index contributed by atoms with van der Waals surface area (Å²) >= 11 is 0. The van der Waals surface area contributed by atoms with E-state index in [2.05, 4.69) is 15.3 Å². The number of fused-ring (bicyclic) bond motifs is 1. The first-order valence-corrected chi connectivity index (χ1v) is 9.03. The molecule has 2 aromatic heterocycles. The van der Waals surface area contributed by atoms with Crippen LogP contribution in [0.15, 0.2) is 15.7 Å². The fraction of sp³-hybridized carbons (Fsp3) is 0.556. The van der Waals surface area contributed by atoms with Crippen molar-refractivity contribution >= 4 is 41.8 Å². The van der Waals surface area contributed by atoms with E-state index in [0.29, 0.717) is 37.4 Å². The Morgan fingerprint density at radius 1 is 1.32 bits per heavy atom. The minimum atomic E-state index is -0.566. The Hall–Kier alpha value is -1.90. The van der Waals surface area contributed by atoms with Gasteiger partial charge in [0.15, 0.2) is 5.65 Å². The van der Waals surface area contributed by atoms with E-state index in [1.54, 1.807) is 11.0 Å². The van der Waals surface area contributed by atoms with E-state index in [1.165, 1.54) is 4.57 Å². The zero-order valence-corrected chi connectivity index (χ0v) is 18.1. The molecule has 0 aromatic carbocycles. The van der Waals surface area contributed by atoms with Crippen LogP contribution >= 0.6 is 24.8 Å². The number of nitrogens with zero attached hydrogens (tertiary/aromatic N) is 3. The highest BCUT2D eigenvalue weighted by Crippen LogP contribution is 2.21. The minimum absolute atomic E-state index is 0. The Morgan fingerprint density at radius 3 is 2.57 bits per heavy atom. The van der Waals surface area contributed by atoms with Gasteiger partial charge in [-0.05, 0) is 25.8 Å². The molecule has 0 spiro atoms. The van der Waals surface area contributed by atoms with Gasteiger partial charge in [0.25, 0.3) is 11.5 Å². The molecule has 1 atom stereocenters. The molecule has 0 aliphatic carbocycles. The molecule has 2 aromatic rings. The number of hydrogen-bond acceptors (Lipinski definition) is 5. The highest BCUT2D eigenvalue weighted by Gasteiger charge is 2.26. The first kappa shape index (κ1) is 24.1. The number of pyridine rings is 1. The molecule has 1 aliphatic rings. The van der Waals surface area contributed by atoms with Crippen molar-refractivity contribution in [2.45, 2.75) is 46.2 Å². The second kappa shape index (κ2) is 9.54. The van der Waals surface area contributed by atoms with Crippen molar-refractivity contribution < 1.29 is 4.79 Å². The summed E-state index contributed by atoms with van der Waals surface area (Å²) in [6, 6.07) is 1.89. The molecule has 3 rings (SSSR count). The molecule has 0 radical (unpaired) electrons. The first-order chi connectivity index (χ1) is 12.3. The fourth-order valence-electron chi connectivity index (χ4n) is 3.34. The predicted octanol–water partition coefficient (Wildman–Crippen LogP) is 1.51. The van der Waals surface area contributed by atoms with Crippen molar-refractivity contribution in [1.82, 2.24) is 24.8 Å². The van der Waals surface area contributed by atoms with E-state index in [1.807, 2.05) is 27.7 Å². The van der Waals surface area contributed by atoms with Crippen molar-refractivity contribution in [3.05, 3.63) is 38.2 Å². The van der Waals surface area contributed by atoms with Crippen molar-refractivity contribution in [2.75, 3.05) is 19.6 Å². The van der Waals surface area contributed by atoms with Crippen molar-refractivity contribution in [3.63, 3.8) is 0 Å². The van der Waals surface area contributed by atoms with E-state index in [9.17, 15) is 14.4 Å². The Morgan fingerprint density at radius 2 is 2.00 bits per heavy atom. The molecule has 1 unspecified atom stereocenters. The Kier molecular flexibility index (Phi) is 8.22. The van der Waals surface area contributed by atoms with Crippen LogP contribution in [-0.2, 0) is 6.54 Å². The van der Waals surface area contributed by atoms with Crippen molar-refractivity contribution in [1.29, 1.82) is 0 Å². The summed E-state index contributed by atoms with van der Waals surface area (Å²) in [5.41, 5.74) is 0.211. The quantitative estimate of drug-likeness (QED) is 0.766. The number of hydrogen-bond donors (Lipinski definition) is 2. The zero-order chi connectivity index (χ0) is 19.0. The van der Waals surface area contributed by atoms with Crippen LogP contribution in [-0.4, -0.2) is 51.0 Å². The molecular weight excluding hydrogens is 405 g/mol. The van der Waals surface area contributed by atoms with Gasteiger partial charge in [-0.1, -0.05) is 13.8 Å². The molecule has 8 nitrogen and oxygen atoms in total. The highest BCUT2D eigenvalue weighted by atomic mass is 35.5. The van der Waals surface area contributed by atoms with Crippen LogP contribution in [0.4, 0.5) is 0 Å². The lowest BCUT2D eigenvalue weighted by molar-refractivity contribution is 0.0710. The summed E-state index contributed by atoms with van der Waals surface area (Å²) in [6.45, 7) is 9.99. The van der Waals surface area contributed by atoms with Crippen LogP contribution in [0.3, 0.4) is 0 Å². The number of aryl methyl sites for hydroxylation is 1. The number of amides is 1. The lowest BCUT2D eigenvalue weighted by atomic mass is 10.0. The number of rotatable bonds is 3. The number of nitrogens with one attached hydrogen (secondary N) is 2. The van der Waals surface area contributed by atoms with Gasteiger partial charge in [0.2, 0.25) is 0 Å². The molecule has 0 saturated carbocycles. The molecule has 10 heteroatoms. The van der Waals surface area contributed by atoms with Crippen molar-refractivity contribution in [3.8, 4) is 0 Å². The van der Waals surface area contributed by atoms with Gasteiger partial charge < -0.3 is 10.2 Å². The minimum Gasteiger partial charge on any atom is -0.336 e. The number of H-pyrrole nitrogens is 1. The molecule has 3 heterocycles. The van der Waals surface area contributed by atoms with E-state index < -0.39 is 11.2 Å². The Labute approximate surface area is 175 Å². The topological polar surface area (TPSA) is 100 Å². The average molecular weight is 432 g/mol. The Bertz CT molecular complexity index is 970. The van der Waals surface area contributed by atoms with Gasteiger partial charge in [-0.2, -0.15) is 0 Å². The monoisotopic (exact) mass is 431 g/mol. The summed E-state index contributed by atoms with van der Waals surface area (Å²) in [5.74, 6) is -0.132. The summed E-state index contributed by atoms with van der Waals surface area (Å²) in [5, 5.41) is 3.49. The highest BCUT2D eigenvalue weighted by molar-refractivity contribution is 6.05. The number of halogens is 2. The van der Waals surface area contributed by atoms with Gasteiger partial charge in [0, 0.05) is 37.9 Å². The standard InChI is InChI=1S/C18H25N5O3.2ClH/c1-5-23-15-14(16(24)21-18(23)26)12(8-13(20-15)10(2)3)17(25)22-7-6-19-11(4)9-22;;/h8,10-11,19H,5-7,9H2,1-4H3,(H,21,24,26);2*1H. The van der Waals surface area contributed by atoms with E-state index in [4.69, 9.17) is 0 Å². The van der Waals surface area contributed by atoms with Gasteiger partial charge in [-0.25, -0.2) is 9.78 Å². The molecule has 1 amide bonds. The maximum atomic E-state index is 13.2. The van der Waals surface area contributed by atoms with Crippen molar-refractivity contribution in [2.24, 2.45) is 0 Å². The number of aromatic amines is 1. The van der Waals surface area contributed by atoms with Gasteiger partial charge in [0.1, 0.15) is 0 Å². The van der Waals surface area contributed by atoms with Gasteiger partial charge >= 0.3 is 5.69 Å². The van der Waals surface area contributed by atoms with Crippen LogP contribution in [0.5, 0.6) is 0 Å². The van der Waals surface area contributed by atoms with Gasteiger partial charge in [-0.15, -0.1) is 24.8 Å². The van der Waals surface area contributed by atoms with Crippen LogP contribution < -0.4 is 16.6 Å². The second-order valence-electron chi connectivity index (χ2n) is 7.06. The lowest BCUT2D eigenvalue weighted by Crippen LogP contribution is -2.51. The second-order valence-corrected chi connectivity index (χ2v) is 7.06. The van der Waals surface area contributed by atoms with Gasteiger partial charge in [0.05, 0.1) is 10.9 Å². The summed E-state index contributed by atoms with van der Waals surface area (Å²) in [6.07, 6.45) is 0. The molecule has 2 N–H and O–H groups in total. The normalized spacial score (nSPS) is 16.6. The number of aromatic nitrogens is 3. The molecular formula is C18H27Cl2N5O3. The lowest BCUT2D eigenvalue weighted by Gasteiger charge is -2.32. The molecule has 1 saturated heterocycles. The number of carbonyl (C=O) groups excluding carboxylic acids is 1. The maximum Gasteiger partial charge on any atom is 0.329 e. The average Bonchev–Trinajstić information content (AvgIpc) is 2.60.